The normalized spacial score (nSPS) is 14.0. The third kappa shape index (κ3) is 3.62. The first-order valence-electron chi connectivity index (χ1n) is 10.4. The Hall–Kier alpha value is -3.99. The maximum absolute atomic E-state index is 12.9. The van der Waals surface area contributed by atoms with E-state index in [2.05, 4.69) is 19.1 Å². The van der Waals surface area contributed by atoms with Gasteiger partial charge in [0.1, 0.15) is 23.9 Å². The Morgan fingerprint density at radius 1 is 1.00 bits per heavy atom. The largest absolute Gasteiger partial charge is 0.497 e. The SMILES string of the molecule is COc1ccc2c(c1)c(C=C1Oc3cc(OCc4ccc(C)cc4)ccc3C1=O)cn2C. The van der Waals surface area contributed by atoms with E-state index in [1.807, 2.05) is 48.1 Å². The molecule has 0 radical (unpaired) electrons. The van der Waals surface area contributed by atoms with Crippen molar-refractivity contribution in [3.8, 4) is 17.2 Å². The second kappa shape index (κ2) is 7.93. The molecular weight excluding hydrogens is 402 g/mol. The van der Waals surface area contributed by atoms with Crippen molar-refractivity contribution in [2.45, 2.75) is 13.5 Å². The van der Waals surface area contributed by atoms with E-state index in [1.54, 1.807) is 31.4 Å². The predicted octanol–water partition coefficient (Wildman–Crippen LogP) is 5.69. The third-order valence-electron chi connectivity index (χ3n) is 5.68. The van der Waals surface area contributed by atoms with E-state index in [9.17, 15) is 4.79 Å². The van der Waals surface area contributed by atoms with Crippen molar-refractivity contribution in [2.24, 2.45) is 7.05 Å². The summed E-state index contributed by atoms with van der Waals surface area (Å²) in [5.74, 6) is 2.10. The molecule has 32 heavy (non-hydrogen) atoms. The summed E-state index contributed by atoms with van der Waals surface area (Å²) in [6.07, 6.45) is 3.77. The molecule has 0 N–H and O–H groups in total. The van der Waals surface area contributed by atoms with E-state index in [4.69, 9.17) is 14.2 Å². The molecule has 3 aromatic carbocycles. The molecule has 1 aliphatic rings. The van der Waals surface area contributed by atoms with Gasteiger partial charge in [0.05, 0.1) is 12.7 Å². The lowest BCUT2D eigenvalue weighted by atomic mass is 10.1. The highest BCUT2D eigenvalue weighted by molar-refractivity contribution is 6.15. The van der Waals surface area contributed by atoms with E-state index in [1.165, 1.54) is 5.56 Å². The van der Waals surface area contributed by atoms with Crippen LogP contribution in [-0.4, -0.2) is 17.5 Å². The Kier molecular flexibility index (Phi) is 4.94. The minimum absolute atomic E-state index is 0.134. The standard InChI is InChI=1S/C27H23NO4/c1-17-4-6-18(7-5-17)16-31-21-8-10-22-25(14-21)32-26(27(22)29)12-19-15-28(2)24-11-9-20(30-3)13-23(19)24/h4-15H,16H2,1-3H3. The molecule has 160 valence electrons. The number of aromatic nitrogens is 1. The molecular formula is C27H23NO4. The summed E-state index contributed by atoms with van der Waals surface area (Å²) < 4.78 is 19.2. The smallest absolute Gasteiger partial charge is 0.231 e. The maximum atomic E-state index is 12.9. The van der Waals surface area contributed by atoms with Gasteiger partial charge >= 0.3 is 0 Å². The lowest BCUT2D eigenvalue weighted by Crippen LogP contribution is -1.98. The summed E-state index contributed by atoms with van der Waals surface area (Å²) in [4.78, 5) is 12.9. The molecule has 1 aromatic heterocycles. The lowest BCUT2D eigenvalue weighted by molar-refractivity contribution is 0.101. The van der Waals surface area contributed by atoms with Crippen molar-refractivity contribution >= 4 is 22.8 Å². The summed E-state index contributed by atoms with van der Waals surface area (Å²) in [7, 11) is 3.61. The molecule has 0 unspecified atom stereocenters. The molecule has 0 bridgehead atoms. The van der Waals surface area contributed by atoms with Gasteiger partial charge in [0.2, 0.25) is 5.78 Å². The number of carbonyl (C=O) groups is 1. The number of carbonyl (C=O) groups excluding carboxylic acids is 1. The van der Waals surface area contributed by atoms with Crippen LogP contribution in [0.1, 0.15) is 27.0 Å². The van der Waals surface area contributed by atoms with E-state index >= 15 is 0 Å². The number of hydrogen-bond acceptors (Lipinski definition) is 4. The zero-order valence-electron chi connectivity index (χ0n) is 18.2. The number of Topliss-reactive ketones (excluding diaryl/α,β-unsaturated/α-hetero) is 1. The Labute approximate surface area is 186 Å². The van der Waals surface area contributed by atoms with Crippen LogP contribution in [0.3, 0.4) is 0 Å². The Morgan fingerprint density at radius 3 is 2.56 bits per heavy atom. The molecule has 5 rings (SSSR count). The minimum atomic E-state index is -0.134. The average molecular weight is 425 g/mol. The number of nitrogens with zero attached hydrogens (tertiary/aromatic N) is 1. The zero-order valence-corrected chi connectivity index (χ0v) is 18.2. The second-order valence-corrected chi connectivity index (χ2v) is 7.95. The van der Waals surface area contributed by atoms with Crippen molar-refractivity contribution in [3.63, 3.8) is 0 Å². The number of benzene rings is 3. The molecule has 5 heteroatoms. The van der Waals surface area contributed by atoms with Crippen LogP contribution < -0.4 is 14.2 Å². The summed E-state index contributed by atoms with van der Waals surface area (Å²) in [6.45, 7) is 2.51. The molecule has 0 aliphatic carbocycles. The van der Waals surface area contributed by atoms with Crippen LogP contribution in [-0.2, 0) is 13.7 Å². The molecule has 4 aromatic rings. The molecule has 0 atom stereocenters. The summed E-state index contributed by atoms with van der Waals surface area (Å²) in [6, 6.07) is 19.4. The average Bonchev–Trinajstić information content (AvgIpc) is 3.29. The third-order valence-corrected chi connectivity index (χ3v) is 5.68. The van der Waals surface area contributed by atoms with E-state index in [-0.39, 0.29) is 5.78 Å². The summed E-state index contributed by atoms with van der Waals surface area (Å²) >= 11 is 0. The van der Waals surface area contributed by atoms with Crippen molar-refractivity contribution in [1.82, 2.24) is 4.57 Å². The number of aryl methyl sites for hydroxylation is 2. The Morgan fingerprint density at radius 2 is 1.78 bits per heavy atom. The van der Waals surface area contributed by atoms with Crippen molar-refractivity contribution in [2.75, 3.05) is 7.11 Å². The van der Waals surface area contributed by atoms with Crippen LogP contribution in [0.15, 0.2) is 72.6 Å². The topological polar surface area (TPSA) is 49.7 Å². The first-order chi connectivity index (χ1) is 15.5. The van der Waals surface area contributed by atoms with Crippen molar-refractivity contribution < 1.29 is 19.0 Å². The number of rotatable bonds is 5. The first kappa shape index (κ1) is 19.9. The molecule has 0 amide bonds. The molecule has 0 spiro atoms. The van der Waals surface area contributed by atoms with Gasteiger partial charge in [-0.05, 0) is 48.9 Å². The van der Waals surface area contributed by atoms with Crippen LogP contribution >= 0.6 is 0 Å². The number of fused-ring (bicyclic) bond motifs is 2. The van der Waals surface area contributed by atoms with Gasteiger partial charge in [-0.25, -0.2) is 0 Å². The van der Waals surface area contributed by atoms with E-state index < -0.39 is 0 Å². The van der Waals surface area contributed by atoms with Crippen LogP contribution in [0, 0.1) is 6.92 Å². The highest BCUT2D eigenvalue weighted by Crippen LogP contribution is 2.36. The van der Waals surface area contributed by atoms with Crippen LogP contribution in [0.2, 0.25) is 0 Å². The van der Waals surface area contributed by atoms with Crippen LogP contribution in [0.4, 0.5) is 0 Å². The Balaban J connectivity index is 1.40. The fourth-order valence-corrected chi connectivity index (χ4v) is 3.89. The summed E-state index contributed by atoms with van der Waals surface area (Å²) in [5.41, 5.74) is 4.78. The monoisotopic (exact) mass is 425 g/mol. The van der Waals surface area contributed by atoms with Crippen LogP contribution in [0.5, 0.6) is 17.2 Å². The zero-order chi connectivity index (χ0) is 22.2. The second-order valence-electron chi connectivity index (χ2n) is 7.95. The number of ether oxygens (including phenoxy) is 3. The van der Waals surface area contributed by atoms with Gasteiger partial charge in [-0.1, -0.05) is 29.8 Å². The van der Waals surface area contributed by atoms with Gasteiger partial charge < -0.3 is 18.8 Å². The van der Waals surface area contributed by atoms with Gasteiger partial charge in [0.15, 0.2) is 5.76 Å². The number of ketones is 1. The quantitative estimate of drug-likeness (QED) is 0.386. The van der Waals surface area contributed by atoms with Gasteiger partial charge in [-0.3, -0.25) is 4.79 Å². The highest BCUT2D eigenvalue weighted by atomic mass is 16.5. The summed E-state index contributed by atoms with van der Waals surface area (Å²) in [5, 5.41) is 0.994. The van der Waals surface area contributed by atoms with Crippen molar-refractivity contribution in [1.29, 1.82) is 0 Å². The highest BCUT2D eigenvalue weighted by Gasteiger charge is 2.28. The first-order valence-corrected chi connectivity index (χ1v) is 10.4. The molecule has 5 nitrogen and oxygen atoms in total. The number of methoxy groups -OCH3 is 1. The van der Waals surface area contributed by atoms with Gasteiger partial charge in [0, 0.05) is 35.8 Å². The molecule has 2 heterocycles. The fraction of sp³-hybridized carbons (Fsp3) is 0.148. The fourth-order valence-electron chi connectivity index (χ4n) is 3.89. The Bertz CT molecular complexity index is 1360. The van der Waals surface area contributed by atoms with E-state index in [0.717, 1.165) is 27.8 Å². The lowest BCUT2D eigenvalue weighted by Gasteiger charge is -2.07. The molecule has 0 saturated heterocycles. The van der Waals surface area contributed by atoms with Gasteiger partial charge in [0.25, 0.3) is 0 Å². The molecule has 0 saturated carbocycles. The molecule has 1 aliphatic heterocycles. The van der Waals surface area contributed by atoms with Crippen molar-refractivity contribution in [3.05, 3.63) is 94.9 Å². The van der Waals surface area contributed by atoms with E-state index in [0.29, 0.717) is 29.4 Å². The minimum Gasteiger partial charge on any atom is -0.497 e. The predicted molar refractivity (Wildman–Crippen MR) is 124 cm³/mol. The van der Waals surface area contributed by atoms with Gasteiger partial charge in [-0.15, -0.1) is 0 Å². The van der Waals surface area contributed by atoms with Crippen LogP contribution in [0.25, 0.3) is 17.0 Å². The number of allylic oxidation sites excluding steroid dienone is 1. The molecule has 0 fully saturated rings. The van der Waals surface area contributed by atoms with Gasteiger partial charge in [-0.2, -0.15) is 0 Å². The number of hydrogen-bond donors (Lipinski definition) is 0. The maximum Gasteiger partial charge on any atom is 0.231 e.